The summed E-state index contributed by atoms with van der Waals surface area (Å²) in [6, 6.07) is 6.33. The van der Waals surface area contributed by atoms with Gasteiger partial charge in [0.2, 0.25) is 5.91 Å². The summed E-state index contributed by atoms with van der Waals surface area (Å²) in [5.74, 6) is 0.449. The van der Waals surface area contributed by atoms with Crippen molar-refractivity contribution in [1.82, 2.24) is 10.6 Å². The Hall–Kier alpha value is -2.24. The van der Waals surface area contributed by atoms with Crippen LogP contribution >= 0.6 is 0 Å². The largest absolute Gasteiger partial charge is 0.491 e. The number of hydrogen-bond donors (Lipinski definition) is 3. The van der Waals surface area contributed by atoms with Crippen LogP contribution in [0.3, 0.4) is 0 Å². The van der Waals surface area contributed by atoms with E-state index in [-0.39, 0.29) is 17.4 Å². The van der Waals surface area contributed by atoms with Crippen molar-refractivity contribution in [3.63, 3.8) is 0 Å². The highest BCUT2D eigenvalue weighted by Crippen LogP contribution is 2.24. The van der Waals surface area contributed by atoms with Gasteiger partial charge in [-0.2, -0.15) is 0 Å². The van der Waals surface area contributed by atoms with Crippen LogP contribution in [0, 0.1) is 0 Å². The molecule has 128 valence electrons. The number of ether oxygens (including phenoxy) is 1. The van der Waals surface area contributed by atoms with Crippen LogP contribution < -0.4 is 21.1 Å². The van der Waals surface area contributed by atoms with Crippen molar-refractivity contribution in [2.24, 2.45) is 5.73 Å². The molecule has 4 N–H and O–H groups in total. The van der Waals surface area contributed by atoms with Crippen LogP contribution in [0.2, 0.25) is 0 Å². The van der Waals surface area contributed by atoms with Gasteiger partial charge in [-0.05, 0) is 37.0 Å². The Morgan fingerprint density at radius 2 is 1.70 bits per heavy atom. The first-order valence-corrected chi connectivity index (χ1v) is 7.69. The summed E-state index contributed by atoms with van der Waals surface area (Å²) in [4.78, 5) is 22.5. The Kier molecular flexibility index (Phi) is 6.42. The molecule has 0 bridgehead atoms. The first-order chi connectivity index (χ1) is 10.6. The maximum absolute atomic E-state index is 11.8. The number of amides is 3. The number of carbonyl (C=O) groups excluding carboxylic acids is 2. The molecule has 0 aliphatic heterocycles. The molecule has 0 aliphatic carbocycles. The summed E-state index contributed by atoms with van der Waals surface area (Å²) in [6.45, 7) is 10.2. The van der Waals surface area contributed by atoms with E-state index in [0.29, 0.717) is 6.61 Å². The molecule has 0 aromatic heterocycles. The second-order valence-corrected chi connectivity index (χ2v) is 6.73. The molecule has 23 heavy (non-hydrogen) atoms. The molecule has 6 nitrogen and oxygen atoms in total. The van der Waals surface area contributed by atoms with E-state index < -0.39 is 12.1 Å². The van der Waals surface area contributed by atoms with Crippen molar-refractivity contribution in [3.8, 4) is 5.75 Å². The molecule has 0 heterocycles. The first kappa shape index (κ1) is 18.8. The van der Waals surface area contributed by atoms with Gasteiger partial charge in [0, 0.05) is 0 Å². The summed E-state index contributed by atoms with van der Waals surface area (Å²) >= 11 is 0. The quantitative estimate of drug-likeness (QED) is 0.747. The minimum Gasteiger partial charge on any atom is -0.491 e. The van der Waals surface area contributed by atoms with Crippen LogP contribution in [0.15, 0.2) is 24.3 Å². The van der Waals surface area contributed by atoms with Gasteiger partial charge in [0.1, 0.15) is 18.4 Å². The van der Waals surface area contributed by atoms with E-state index in [1.165, 1.54) is 5.56 Å². The Bertz CT molecular complexity index is 535. The van der Waals surface area contributed by atoms with Crippen LogP contribution in [0.25, 0.3) is 0 Å². The molecule has 2 atom stereocenters. The van der Waals surface area contributed by atoms with Crippen LogP contribution in [0.1, 0.15) is 40.2 Å². The van der Waals surface area contributed by atoms with Crippen molar-refractivity contribution in [3.05, 3.63) is 29.8 Å². The molecule has 0 aliphatic rings. The fourth-order valence-corrected chi connectivity index (χ4v) is 1.96. The number of nitrogens with two attached hydrogens (primary N) is 1. The summed E-state index contributed by atoms with van der Waals surface area (Å²) in [5, 5.41) is 5.08. The molecular weight excluding hydrogens is 294 g/mol. The summed E-state index contributed by atoms with van der Waals surface area (Å²) in [5.41, 5.74) is 6.32. The zero-order valence-electron chi connectivity index (χ0n) is 14.5. The lowest BCUT2D eigenvalue weighted by molar-refractivity contribution is -0.123. The van der Waals surface area contributed by atoms with Gasteiger partial charge >= 0.3 is 6.03 Å². The molecule has 0 saturated carbocycles. The number of nitrogens with one attached hydrogen (secondary N) is 2. The highest BCUT2D eigenvalue weighted by atomic mass is 16.5. The third kappa shape index (κ3) is 6.59. The zero-order chi connectivity index (χ0) is 17.6. The fourth-order valence-electron chi connectivity index (χ4n) is 1.96. The Morgan fingerprint density at radius 3 is 2.17 bits per heavy atom. The normalized spacial score (nSPS) is 13.8. The van der Waals surface area contributed by atoms with Gasteiger partial charge in [-0.25, -0.2) is 4.79 Å². The predicted molar refractivity (Wildman–Crippen MR) is 90.4 cm³/mol. The minimum absolute atomic E-state index is 0.101. The molecule has 0 unspecified atom stereocenters. The molecule has 1 aromatic carbocycles. The second-order valence-electron chi connectivity index (χ2n) is 6.73. The lowest BCUT2D eigenvalue weighted by Gasteiger charge is -2.20. The van der Waals surface area contributed by atoms with Gasteiger partial charge in [0.25, 0.3) is 0 Å². The van der Waals surface area contributed by atoms with E-state index in [0.717, 1.165) is 5.75 Å². The van der Waals surface area contributed by atoms with E-state index in [1.807, 2.05) is 31.2 Å². The monoisotopic (exact) mass is 321 g/mol. The van der Waals surface area contributed by atoms with Gasteiger partial charge in [0.15, 0.2) is 0 Å². The molecule has 0 fully saturated rings. The Morgan fingerprint density at radius 1 is 1.13 bits per heavy atom. The number of hydrogen-bond acceptors (Lipinski definition) is 3. The molecule has 6 heteroatoms. The summed E-state index contributed by atoms with van der Waals surface area (Å²) in [7, 11) is 0. The van der Waals surface area contributed by atoms with Crippen molar-refractivity contribution >= 4 is 11.9 Å². The number of carbonyl (C=O) groups is 2. The fraction of sp³-hybridized carbons (Fsp3) is 0.529. The van der Waals surface area contributed by atoms with Crippen molar-refractivity contribution < 1.29 is 14.3 Å². The molecule has 1 rings (SSSR count). The van der Waals surface area contributed by atoms with E-state index in [1.54, 1.807) is 6.92 Å². The third-order valence-corrected chi connectivity index (χ3v) is 3.36. The molecule has 0 saturated heterocycles. The van der Waals surface area contributed by atoms with Gasteiger partial charge < -0.3 is 21.1 Å². The first-order valence-electron chi connectivity index (χ1n) is 7.69. The van der Waals surface area contributed by atoms with E-state index >= 15 is 0 Å². The van der Waals surface area contributed by atoms with Crippen molar-refractivity contribution in [2.75, 3.05) is 6.61 Å². The maximum atomic E-state index is 11.8. The second kappa shape index (κ2) is 7.85. The molecule has 3 amide bonds. The average Bonchev–Trinajstić information content (AvgIpc) is 2.43. The highest BCUT2D eigenvalue weighted by Gasteiger charge is 2.17. The van der Waals surface area contributed by atoms with Gasteiger partial charge in [-0.3, -0.25) is 4.79 Å². The van der Waals surface area contributed by atoms with E-state index in [2.05, 4.69) is 31.4 Å². The molecule has 1 aromatic rings. The average molecular weight is 321 g/mol. The van der Waals surface area contributed by atoms with Crippen LogP contribution in [0.5, 0.6) is 5.75 Å². The number of primary amides is 1. The lowest BCUT2D eigenvalue weighted by atomic mass is 9.87. The predicted octanol–water partition coefficient (Wildman–Crippen LogP) is 1.92. The van der Waals surface area contributed by atoms with E-state index in [9.17, 15) is 9.59 Å². The van der Waals surface area contributed by atoms with Crippen LogP contribution in [-0.4, -0.2) is 30.6 Å². The van der Waals surface area contributed by atoms with Gasteiger partial charge in [-0.1, -0.05) is 32.9 Å². The lowest BCUT2D eigenvalue weighted by Crippen LogP contribution is -2.50. The van der Waals surface area contributed by atoms with Crippen LogP contribution in [-0.2, 0) is 10.2 Å². The number of urea groups is 1. The van der Waals surface area contributed by atoms with Crippen molar-refractivity contribution in [2.45, 2.75) is 52.1 Å². The third-order valence-electron chi connectivity index (χ3n) is 3.36. The smallest absolute Gasteiger partial charge is 0.312 e. The van der Waals surface area contributed by atoms with Crippen molar-refractivity contribution in [1.29, 1.82) is 0 Å². The summed E-state index contributed by atoms with van der Waals surface area (Å²) < 4.78 is 5.67. The maximum Gasteiger partial charge on any atom is 0.312 e. The van der Waals surface area contributed by atoms with Gasteiger partial charge in [-0.15, -0.1) is 0 Å². The highest BCUT2D eigenvalue weighted by molar-refractivity contribution is 5.86. The Balaban J connectivity index is 2.45. The standard InChI is InChI=1S/C17H27N3O3/c1-11(19-15(21)12(2)20-16(18)22)10-23-14-8-6-13(7-9-14)17(3,4)5/h6-9,11-12H,10H2,1-5H3,(H,19,21)(H3,18,20,22)/t11-,12+/m1/s1. The minimum atomic E-state index is -0.726. The summed E-state index contributed by atoms with van der Waals surface area (Å²) in [6.07, 6.45) is 0. The number of rotatable bonds is 6. The molecule has 0 spiro atoms. The van der Waals surface area contributed by atoms with Gasteiger partial charge in [0.05, 0.1) is 6.04 Å². The topological polar surface area (TPSA) is 93.4 Å². The molecule has 0 radical (unpaired) electrons. The Labute approximate surface area is 137 Å². The zero-order valence-corrected chi connectivity index (χ0v) is 14.5. The van der Waals surface area contributed by atoms with Crippen LogP contribution in [0.4, 0.5) is 4.79 Å². The SMILES string of the molecule is C[C@H](COc1ccc(C(C)(C)C)cc1)NC(=O)[C@H](C)NC(N)=O. The molecular formula is C17H27N3O3. The van der Waals surface area contributed by atoms with E-state index in [4.69, 9.17) is 10.5 Å². The number of benzene rings is 1.